The minimum absolute atomic E-state index is 0.0798. The van der Waals surface area contributed by atoms with Crippen molar-refractivity contribution in [2.24, 2.45) is 0 Å². The van der Waals surface area contributed by atoms with Crippen molar-refractivity contribution in [3.8, 4) is 0 Å². The van der Waals surface area contributed by atoms with Crippen LogP contribution in [-0.4, -0.2) is 59.1 Å². The van der Waals surface area contributed by atoms with Gasteiger partial charge in [-0.2, -0.15) is 0 Å². The summed E-state index contributed by atoms with van der Waals surface area (Å²) >= 11 is 2.77. The number of fused-ring (bicyclic) bond motifs is 1. The Morgan fingerprint density at radius 1 is 1.24 bits per heavy atom. The number of nitrogens with zero attached hydrogens (tertiary/aromatic N) is 2. The molecule has 158 valence electrons. The smallest absolute Gasteiger partial charge is 0.417 e. The van der Waals surface area contributed by atoms with Crippen molar-refractivity contribution < 1.29 is 19.1 Å². The zero-order valence-electron chi connectivity index (χ0n) is 17.6. The van der Waals surface area contributed by atoms with Crippen molar-refractivity contribution >= 4 is 40.9 Å². The Kier molecular flexibility index (Phi) is 6.43. The molecular formula is C21H28N2O4S2. The van der Waals surface area contributed by atoms with Crippen molar-refractivity contribution in [2.75, 3.05) is 25.9 Å². The fourth-order valence-electron chi connectivity index (χ4n) is 3.62. The van der Waals surface area contributed by atoms with Gasteiger partial charge in [0.15, 0.2) is 5.78 Å². The van der Waals surface area contributed by atoms with Crippen molar-refractivity contribution in [3.05, 3.63) is 28.3 Å². The number of hydrogen-bond donors (Lipinski definition) is 0. The van der Waals surface area contributed by atoms with E-state index in [1.54, 1.807) is 26.8 Å². The van der Waals surface area contributed by atoms with E-state index in [1.807, 2.05) is 19.4 Å². The third-order valence-corrected chi connectivity index (χ3v) is 7.26. The summed E-state index contributed by atoms with van der Waals surface area (Å²) < 4.78 is 6.18. The van der Waals surface area contributed by atoms with Crippen LogP contribution >= 0.6 is 23.1 Å². The van der Waals surface area contributed by atoms with Gasteiger partial charge in [-0.05, 0) is 45.4 Å². The van der Waals surface area contributed by atoms with Gasteiger partial charge >= 0.3 is 6.09 Å². The molecular weight excluding hydrogens is 408 g/mol. The zero-order valence-corrected chi connectivity index (χ0v) is 19.2. The van der Waals surface area contributed by atoms with E-state index in [4.69, 9.17) is 4.74 Å². The highest BCUT2D eigenvalue weighted by atomic mass is 32.2. The first-order valence-corrected chi connectivity index (χ1v) is 11.9. The predicted molar refractivity (Wildman–Crippen MR) is 116 cm³/mol. The quantitative estimate of drug-likeness (QED) is 0.385. The number of amides is 2. The molecule has 1 atom stereocenters. The van der Waals surface area contributed by atoms with Crippen molar-refractivity contribution in [1.82, 2.24) is 9.80 Å². The van der Waals surface area contributed by atoms with Crippen LogP contribution < -0.4 is 0 Å². The highest BCUT2D eigenvalue weighted by Crippen LogP contribution is 2.43. The van der Waals surface area contributed by atoms with Crippen LogP contribution in [0.1, 0.15) is 72.0 Å². The van der Waals surface area contributed by atoms with Crippen LogP contribution in [0, 0.1) is 0 Å². The maximum Gasteiger partial charge on any atom is 0.417 e. The second-order valence-corrected chi connectivity index (χ2v) is 10.5. The van der Waals surface area contributed by atoms with Crippen LogP contribution in [0.4, 0.5) is 4.79 Å². The van der Waals surface area contributed by atoms with E-state index in [0.717, 1.165) is 35.7 Å². The molecule has 29 heavy (non-hydrogen) atoms. The number of imide groups is 1. The Hall–Kier alpha value is -1.80. The third kappa shape index (κ3) is 4.69. The topological polar surface area (TPSA) is 66.9 Å². The normalized spacial score (nSPS) is 19.8. The molecule has 1 unspecified atom stereocenters. The van der Waals surface area contributed by atoms with Crippen LogP contribution in [-0.2, 0) is 4.74 Å². The molecule has 1 aromatic heterocycles. The molecule has 0 N–H and O–H groups in total. The lowest BCUT2D eigenvalue weighted by atomic mass is 9.91. The summed E-state index contributed by atoms with van der Waals surface area (Å²) in [5, 5.41) is 0. The Balaban J connectivity index is 1.92. The number of ketones is 1. The number of rotatable bonds is 4. The highest BCUT2D eigenvalue weighted by Gasteiger charge is 2.40. The summed E-state index contributed by atoms with van der Waals surface area (Å²) in [7, 11) is 0. The molecule has 1 saturated heterocycles. The van der Waals surface area contributed by atoms with E-state index in [1.165, 1.54) is 28.0 Å². The van der Waals surface area contributed by atoms with E-state index in [-0.39, 0.29) is 24.2 Å². The Morgan fingerprint density at radius 2 is 1.90 bits per heavy atom. The van der Waals surface area contributed by atoms with Gasteiger partial charge in [0, 0.05) is 37.8 Å². The number of hydrogen-bond acceptors (Lipinski definition) is 7. The first-order chi connectivity index (χ1) is 13.6. The van der Waals surface area contributed by atoms with Crippen molar-refractivity contribution in [2.45, 2.75) is 56.3 Å². The average Bonchev–Trinajstić information content (AvgIpc) is 3.28. The molecule has 2 aliphatic rings. The molecule has 2 aliphatic heterocycles. The van der Waals surface area contributed by atoms with Crippen LogP contribution in [0.3, 0.4) is 0 Å². The number of ether oxygens (including phenoxy) is 1. The molecule has 6 nitrogen and oxygen atoms in total. The minimum Gasteiger partial charge on any atom is -0.443 e. The lowest BCUT2D eigenvalue weighted by Crippen LogP contribution is -2.45. The summed E-state index contributed by atoms with van der Waals surface area (Å²) in [4.78, 5) is 42.6. The molecule has 0 aromatic carbocycles. The van der Waals surface area contributed by atoms with Crippen LogP contribution in [0.5, 0.6) is 0 Å². The van der Waals surface area contributed by atoms with Gasteiger partial charge in [0.25, 0.3) is 5.91 Å². The first-order valence-electron chi connectivity index (χ1n) is 9.84. The van der Waals surface area contributed by atoms with E-state index in [9.17, 15) is 14.4 Å². The fraction of sp³-hybridized carbons (Fsp3) is 0.571. The largest absolute Gasteiger partial charge is 0.443 e. The molecule has 2 amide bonds. The SMILES string of the molecule is CSc1sc(C(=O)/C=C/N2CCCC2)c2c1C(=O)N(C(=O)OC(C)(C)C)CC2C. The Morgan fingerprint density at radius 3 is 2.48 bits per heavy atom. The molecule has 1 aromatic rings. The first kappa shape index (κ1) is 21.9. The number of carbonyl (C=O) groups is 3. The van der Waals surface area contributed by atoms with Gasteiger partial charge < -0.3 is 9.64 Å². The van der Waals surface area contributed by atoms with E-state index >= 15 is 0 Å². The van der Waals surface area contributed by atoms with Gasteiger partial charge in [0.1, 0.15) is 5.60 Å². The molecule has 0 radical (unpaired) electrons. The van der Waals surface area contributed by atoms with Crippen LogP contribution in [0.2, 0.25) is 0 Å². The maximum absolute atomic E-state index is 13.2. The Bertz CT molecular complexity index is 848. The molecule has 8 heteroatoms. The van der Waals surface area contributed by atoms with Gasteiger partial charge in [-0.3, -0.25) is 9.59 Å². The predicted octanol–water partition coefficient (Wildman–Crippen LogP) is 4.76. The summed E-state index contributed by atoms with van der Waals surface area (Å²) in [5.74, 6) is -0.592. The second kappa shape index (κ2) is 8.52. The van der Waals surface area contributed by atoms with Gasteiger partial charge in [-0.1, -0.05) is 6.92 Å². The number of thiophene rings is 1. The molecule has 3 heterocycles. The second-order valence-electron chi connectivity index (χ2n) is 8.43. The van der Waals surface area contributed by atoms with E-state index < -0.39 is 11.7 Å². The van der Waals surface area contributed by atoms with Crippen molar-refractivity contribution in [1.29, 1.82) is 0 Å². The molecule has 0 aliphatic carbocycles. The molecule has 1 fully saturated rings. The van der Waals surface area contributed by atoms with Gasteiger partial charge in [0.05, 0.1) is 14.6 Å². The molecule has 0 spiro atoms. The average molecular weight is 437 g/mol. The molecule has 3 rings (SSSR count). The lowest BCUT2D eigenvalue weighted by Gasteiger charge is -2.32. The monoisotopic (exact) mass is 436 g/mol. The number of allylic oxidation sites excluding steroid dienone is 1. The van der Waals surface area contributed by atoms with Gasteiger partial charge in [-0.25, -0.2) is 9.69 Å². The number of thioether (sulfide) groups is 1. The number of likely N-dealkylation sites (tertiary alicyclic amines) is 1. The molecule has 0 saturated carbocycles. The highest BCUT2D eigenvalue weighted by molar-refractivity contribution is 8.00. The summed E-state index contributed by atoms with van der Waals surface area (Å²) in [6, 6.07) is 0. The fourth-order valence-corrected chi connectivity index (χ4v) is 5.67. The number of carbonyl (C=O) groups excluding carboxylic acids is 3. The van der Waals surface area contributed by atoms with Gasteiger partial charge in [0.2, 0.25) is 0 Å². The summed E-state index contributed by atoms with van der Waals surface area (Å²) in [6.45, 7) is 9.42. The summed E-state index contributed by atoms with van der Waals surface area (Å²) in [6.07, 6.45) is 7.01. The van der Waals surface area contributed by atoms with Crippen molar-refractivity contribution in [3.63, 3.8) is 0 Å². The third-order valence-electron chi connectivity index (χ3n) is 4.92. The Labute approximate surface area is 180 Å². The van der Waals surface area contributed by atoms with Gasteiger partial charge in [-0.15, -0.1) is 23.1 Å². The zero-order chi connectivity index (χ0) is 21.3. The summed E-state index contributed by atoms with van der Waals surface area (Å²) in [5.41, 5.74) is 0.560. The van der Waals surface area contributed by atoms with Crippen LogP contribution in [0.25, 0.3) is 0 Å². The standard InChI is InChI=1S/C21H28N2O4S2/c1-13-12-23(20(26)27-21(2,3)4)18(25)16-15(13)17(29-19(16)28-5)14(24)8-11-22-9-6-7-10-22/h8,11,13H,6-7,9-10,12H2,1-5H3/b11-8+. The van der Waals surface area contributed by atoms with E-state index in [2.05, 4.69) is 4.90 Å². The van der Waals surface area contributed by atoms with E-state index in [0.29, 0.717) is 10.4 Å². The minimum atomic E-state index is -0.681. The molecule has 0 bridgehead atoms. The maximum atomic E-state index is 13.2. The lowest BCUT2D eigenvalue weighted by molar-refractivity contribution is 0.0220. The van der Waals surface area contributed by atoms with Crippen LogP contribution in [0.15, 0.2) is 16.5 Å².